The van der Waals surface area contributed by atoms with Crippen LogP contribution in [0.25, 0.3) is 39.4 Å². The maximum absolute atomic E-state index is 4.91. The second-order valence-electron chi connectivity index (χ2n) is 7.02. The molecule has 0 amide bonds. The molecule has 0 aliphatic rings. The van der Waals surface area contributed by atoms with Crippen LogP contribution in [0.4, 0.5) is 0 Å². The van der Waals surface area contributed by atoms with Crippen LogP contribution in [-0.2, 0) is 6.42 Å². The van der Waals surface area contributed by atoms with Gasteiger partial charge in [0, 0.05) is 11.3 Å². The molecule has 0 atom stereocenters. The van der Waals surface area contributed by atoms with Gasteiger partial charge in [0.15, 0.2) is 11.3 Å². The van der Waals surface area contributed by atoms with Crippen LogP contribution in [0.1, 0.15) is 18.1 Å². The molecule has 0 saturated carbocycles. The molecule has 3 aromatic carbocycles. The summed E-state index contributed by atoms with van der Waals surface area (Å²) in [6, 6.07) is 24.9. The number of hydrogen-bond donors (Lipinski definition) is 0. The Morgan fingerprint density at radius 2 is 1.54 bits per heavy atom. The highest BCUT2D eigenvalue weighted by molar-refractivity contribution is 5.86. The molecule has 0 bridgehead atoms. The average molecular weight is 364 g/mol. The molecule has 0 saturated heterocycles. The summed E-state index contributed by atoms with van der Waals surface area (Å²) in [5, 5.41) is 0. The largest absolute Gasteiger partial charge is 0.275 e. The number of benzene rings is 3. The van der Waals surface area contributed by atoms with Crippen molar-refractivity contribution in [3.8, 4) is 17.1 Å². The Bertz CT molecular complexity index is 1300. The number of hydrogen-bond acceptors (Lipinski definition) is 3. The van der Waals surface area contributed by atoms with Gasteiger partial charge in [0.05, 0.1) is 11.0 Å². The monoisotopic (exact) mass is 364 g/mol. The Morgan fingerprint density at radius 1 is 0.786 bits per heavy atom. The van der Waals surface area contributed by atoms with Gasteiger partial charge in [0.2, 0.25) is 0 Å². The second kappa shape index (κ2) is 6.57. The van der Waals surface area contributed by atoms with Gasteiger partial charge in [-0.1, -0.05) is 61.0 Å². The quantitative estimate of drug-likeness (QED) is 0.424. The number of rotatable bonds is 3. The zero-order valence-corrected chi connectivity index (χ0v) is 15.9. The fourth-order valence-electron chi connectivity index (χ4n) is 3.51. The van der Waals surface area contributed by atoms with E-state index in [-0.39, 0.29) is 0 Å². The van der Waals surface area contributed by atoms with E-state index in [1.165, 1.54) is 11.1 Å². The van der Waals surface area contributed by atoms with Crippen molar-refractivity contribution in [3.63, 3.8) is 0 Å². The topological polar surface area (TPSA) is 43.6 Å². The molecule has 5 aromatic rings. The molecule has 0 spiro atoms. The maximum Gasteiger partial charge on any atom is 0.199 e. The van der Waals surface area contributed by atoms with Crippen molar-refractivity contribution in [1.82, 2.24) is 19.5 Å². The summed E-state index contributed by atoms with van der Waals surface area (Å²) in [7, 11) is 0. The fourth-order valence-corrected chi connectivity index (χ4v) is 3.51. The van der Waals surface area contributed by atoms with Gasteiger partial charge < -0.3 is 0 Å². The highest BCUT2D eigenvalue weighted by Gasteiger charge is 2.17. The third-order valence-electron chi connectivity index (χ3n) is 5.06. The Balaban J connectivity index is 1.86. The summed E-state index contributed by atoms with van der Waals surface area (Å²) in [6.07, 6.45) is 0.981. The van der Waals surface area contributed by atoms with Gasteiger partial charge in [-0.15, -0.1) is 0 Å². The van der Waals surface area contributed by atoms with Crippen LogP contribution < -0.4 is 0 Å². The van der Waals surface area contributed by atoms with Gasteiger partial charge in [-0.05, 0) is 43.2 Å². The Kier molecular flexibility index (Phi) is 3.90. The molecule has 0 aliphatic carbocycles. The molecule has 2 aromatic heterocycles. The van der Waals surface area contributed by atoms with Crippen molar-refractivity contribution in [3.05, 3.63) is 83.9 Å². The minimum atomic E-state index is 0.663. The van der Waals surface area contributed by atoms with Gasteiger partial charge >= 0.3 is 0 Å². The lowest BCUT2D eigenvalue weighted by atomic mass is 10.1. The predicted octanol–water partition coefficient (Wildman–Crippen LogP) is 5.51. The van der Waals surface area contributed by atoms with Gasteiger partial charge in [-0.3, -0.25) is 4.57 Å². The summed E-state index contributed by atoms with van der Waals surface area (Å²) in [4.78, 5) is 14.6. The predicted molar refractivity (Wildman–Crippen MR) is 114 cm³/mol. The first-order chi connectivity index (χ1) is 13.7. The van der Waals surface area contributed by atoms with Crippen LogP contribution in [0.15, 0.2) is 72.8 Å². The molecule has 0 aliphatic heterocycles. The van der Waals surface area contributed by atoms with Crippen LogP contribution in [0.2, 0.25) is 0 Å². The molecular weight excluding hydrogens is 344 g/mol. The van der Waals surface area contributed by atoms with Crippen molar-refractivity contribution in [2.75, 3.05) is 0 Å². The molecule has 28 heavy (non-hydrogen) atoms. The first-order valence-corrected chi connectivity index (χ1v) is 9.54. The number of imidazole rings is 1. The maximum atomic E-state index is 4.91. The number of para-hydroxylation sites is 2. The van der Waals surface area contributed by atoms with Crippen molar-refractivity contribution in [2.24, 2.45) is 0 Å². The van der Waals surface area contributed by atoms with E-state index in [4.69, 9.17) is 15.0 Å². The van der Waals surface area contributed by atoms with E-state index in [0.29, 0.717) is 5.65 Å². The molecule has 4 heteroatoms. The molecule has 4 nitrogen and oxygen atoms in total. The Morgan fingerprint density at radius 3 is 2.29 bits per heavy atom. The van der Waals surface area contributed by atoms with Gasteiger partial charge in [-0.25, -0.2) is 15.0 Å². The molecule has 0 N–H and O–H groups in total. The van der Waals surface area contributed by atoms with Crippen molar-refractivity contribution < 1.29 is 0 Å². The first kappa shape index (κ1) is 16.6. The van der Waals surface area contributed by atoms with E-state index in [9.17, 15) is 0 Å². The van der Waals surface area contributed by atoms with Crippen molar-refractivity contribution >= 4 is 22.3 Å². The first-order valence-electron chi connectivity index (χ1n) is 9.54. The zero-order valence-electron chi connectivity index (χ0n) is 15.9. The minimum absolute atomic E-state index is 0.663. The second-order valence-corrected chi connectivity index (χ2v) is 7.02. The van der Waals surface area contributed by atoms with E-state index in [1.807, 2.05) is 24.3 Å². The lowest BCUT2D eigenvalue weighted by molar-refractivity contribution is 1.06. The highest BCUT2D eigenvalue weighted by atomic mass is 15.2. The summed E-state index contributed by atoms with van der Waals surface area (Å²) < 4.78 is 2.12. The lowest BCUT2D eigenvalue weighted by Gasteiger charge is -2.10. The fraction of sp³-hybridized carbons (Fsp3) is 0.125. The molecule has 2 heterocycles. The number of aryl methyl sites for hydroxylation is 2. The normalized spacial score (nSPS) is 11.4. The molecular formula is C24H20N4. The third kappa shape index (κ3) is 2.74. The van der Waals surface area contributed by atoms with Crippen LogP contribution >= 0.6 is 0 Å². The zero-order chi connectivity index (χ0) is 19.1. The molecule has 0 fully saturated rings. The van der Waals surface area contributed by atoms with Gasteiger partial charge in [-0.2, -0.15) is 0 Å². The molecule has 5 rings (SSSR count). The van der Waals surface area contributed by atoms with Crippen molar-refractivity contribution in [2.45, 2.75) is 20.3 Å². The standard InChI is InChI=1S/C24H20N4/c1-3-17-7-6-8-19(15-17)28-23(18-13-11-16(2)12-14-18)27-22-24(28)26-21-10-5-4-9-20(21)25-22/h4-15H,3H2,1-2H3. The van der Waals surface area contributed by atoms with Crippen LogP contribution in [0.3, 0.4) is 0 Å². The Hall–Kier alpha value is -3.53. The third-order valence-corrected chi connectivity index (χ3v) is 5.06. The van der Waals surface area contributed by atoms with Gasteiger partial charge in [0.25, 0.3) is 0 Å². The average Bonchev–Trinajstić information content (AvgIpc) is 3.10. The number of aromatic nitrogens is 4. The molecule has 136 valence electrons. The van der Waals surface area contributed by atoms with E-state index in [0.717, 1.165) is 40.2 Å². The Labute approximate surface area is 163 Å². The van der Waals surface area contributed by atoms with Crippen LogP contribution in [0.5, 0.6) is 0 Å². The summed E-state index contributed by atoms with van der Waals surface area (Å²) in [6.45, 7) is 4.26. The summed E-state index contributed by atoms with van der Waals surface area (Å²) in [5.74, 6) is 0.860. The summed E-state index contributed by atoms with van der Waals surface area (Å²) >= 11 is 0. The van der Waals surface area contributed by atoms with Crippen LogP contribution in [-0.4, -0.2) is 19.5 Å². The highest BCUT2D eigenvalue weighted by Crippen LogP contribution is 2.29. The summed E-state index contributed by atoms with van der Waals surface area (Å²) in [5.41, 5.74) is 7.79. The smallest absolute Gasteiger partial charge is 0.199 e. The minimum Gasteiger partial charge on any atom is -0.275 e. The molecule has 0 radical (unpaired) electrons. The van der Waals surface area contributed by atoms with Gasteiger partial charge in [0.1, 0.15) is 5.82 Å². The van der Waals surface area contributed by atoms with E-state index in [1.54, 1.807) is 0 Å². The van der Waals surface area contributed by atoms with E-state index >= 15 is 0 Å². The molecule has 0 unspecified atom stereocenters. The van der Waals surface area contributed by atoms with Crippen molar-refractivity contribution in [1.29, 1.82) is 0 Å². The number of fused-ring (bicyclic) bond motifs is 2. The van der Waals surface area contributed by atoms with E-state index < -0.39 is 0 Å². The van der Waals surface area contributed by atoms with E-state index in [2.05, 4.69) is 66.9 Å². The lowest BCUT2D eigenvalue weighted by Crippen LogP contribution is -2.00. The number of nitrogens with zero attached hydrogens (tertiary/aromatic N) is 4. The van der Waals surface area contributed by atoms with Crippen LogP contribution in [0, 0.1) is 6.92 Å². The SMILES string of the molecule is CCc1cccc(-n2c(-c3ccc(C)cc3)nc3nc4ccccc4nc32)c1.